The van der Waals surface area contributed by atoms with E-state index < -0.39 is 0 Å². The van der Waals surface area contributed by atoms with E-state index in [1.807, 2.05) is 42.5 Å². The standard InChI is InChI=1S/C16H17NO3/c1-11(2)16(19)20-10-15(18)17-14-8-7-12-5-3-4-6-13(12)9-14/h3-9,11H,10H2,1-2H3,(H,17,18). The minimum atomic E-state index is -0.376. The minimum Gasteiger partial charge on any atom is -0.455 e. The van der Waals surface area contributed by atoms with Gasteiger partial charge in [0.2, 0.25) is 0 Å². The van der Waals surface area contributed by atoms with E-state index >= 15 is 0 Å². The fourth-order valence-electron chi connectivity index (χ4n) is 1.77. The highest BCUT2D eigenvalue weighted by Gasteiger charge is 2.11. The number of fused-ring (bicyclic) bond motifs is 1. The molecule has 20 heavy (non-hydrogen) atoms. The van der Waals surface area contributed by atoms with Crippen LogP contribution in [0.3, 0.4) is 0 Å². The molecule has 0 aliphatic carbocycles. The third kappa shape index (κ3) is 3.57. The van der Waals surface area contributed by atoms with Crippen LogP contribution in [0.4, 0.5) is 5.69 Å². The molecular formula is C16H17NO3. The fourth-order valence-corrected chi connectivity index (χ4v) is 1.77. The van der Waals surface area contributed by atoms with Crippen LogP contribution in [-0.2, 0) is 14.3 Å². The molecule has 0 aromatic heterocycles. The maximum absolute atomic E-state index is 11.7. The Bertz CT molecular complexity index is 634. The molecule has 104 valence electrons. The van der Waals surface area contributed by atoms with Crippen LogP contribution in [0.1, 0.15) is 13.8 Å². The molecule has 2 rings (SSSR count). The smallest absolute Gasteiger partial charge is 0.308 e. The summed E-state index contributed by atoms with van der Waals surface area (Å²) in [5.41, 5.74) is 0.689. The number of carbonyl (C=O) groups excluding carboxylic acids is 2. The first kappa shape index (κ1) is 14.1. The first-order valence-electron chi connectivity index (χ1n) is 6.51. The molecule has 0 saturated carbocycles. The van der Waals surface area contributed by atoms with Crippen molar-refractivity contribution in [3.63, 3.8) is 0 Å². The van der Waals surface area contributed by atoms with E-state index in [2.05, 4.69) is 5.32 Å². The van der Waals surface area contributed by atoms with Gasteiger partial charge in [-0.15, -0.1) is 0 Å². The highest BCUT2D eigenvalue weighted by Crippen LogP contribution is 2.18. The van der Waals surface area contributed by atoms with E-state index in [1.54, 1.807) is 13.8 Å². The molecule has 2 aromatic carbocycles. The van der Waals surface area contributed by atoms with Crippen molar-refractivity contribution in [3.8, 4) is 0 Å². The third-order valence-electron chi connectivity index (χ3n) is 2.85. The number of anilines is 1. The number of rotatable bonds is 4. The Morgan fingerprint density at radius 1 is 1.10 bits per heavy atom. The lowest BCUT2D eigenvalue weighted by molar-refractivity contribution is -0.150. The number of benzene rings is 2. The number of hydrogen-bond donors (Lipinski definition) is 1. The van der Waals surface area contributed by atoms with Crippen LogP contribution >= 0.6 is 0 Å². The van der Waals surface area contributed by atoms with Crippen molar-refractivity contribution in [3.05, 3.63) is 42.5 Å². The number of ether oxygens (including phenoxy) is 1. The van der Waals surface area contributed by atoms with E-state index in [0.717, 1.165) is 10.8 Å². The number of hydrogen-bond acceptors (Lipinski definition) is 3. The predicted molar refractivity (Wildman–Crippen MR) is 78.4 cm³/mol. The lowest BCUT2D eigenvalue weighted by Gasteiger charge is -2.08. The molecule has 1 N–H and O–H groups in total. The highest BCUT2D eigenvalue weighted by molar-refractivity contribution is 5.95. The van der Waals surface area contributed by atoms with Gasteiger partial charge in [-0.05, 0) is 22.9 Å². The molecule has 0 saturated heterocycles. The molecule has 0 aliphatic heterocycles. The number of carbonyl (C=O) groups is 2. The lowest BCUT2D eigenvalue weighted by atomic mass is 10.1. The zero-order valence-corrected chi connectivity index (χ0v) is 11.6. The average molecular weight is 271 g/mol. The van der Waals surface area contributed by atoms with Crippen molar-refractivity contribution in [2.24, 2.45) is 5.92 Å². The van der Waals surface area contributed by atoms with Crippen LogP contribution < -0.4 is 5.32 Å². The second-order valence-electron chi connectivity index (χ2n) is 4.87. The van der Waals surface area contributed by atoms with Crippen molar-refractivity contribution < 1.29 is 14.3 Å². The van der Waals surface area contributed by atoms with Crippen molar-refractivity contribution in [2.75, 3.05) is 11.9 Å². The number of amides is 1. The van der Waals surface area contributed by atoms with Gasteiger partial charge in [-0.3, -0.25) is 9.59 Å². The van der Waals surface area contributed by atoms with Crippen LogP contribution in [0.25, 0.3) is 10.8 Å². The Hall–Kier alpha value is -2.36. The maximum Gasteiger partial charge on any atom is 0.308 e. The van der Waals surface area contributed by atoms with Gasteiger partial charge < -0.3 is 10.1 Å². The molecular weight excluding hydrogens is 254 g/mol. The molecule has 0 heterocycles. The van der Waals surface area contributed by atoms with E-state index in [0.29, 0.717) is 5.69 Å². The zero-order chi connectivity index (χ0) is 14.5. The first-order valence-corrected chi connectivity index (χ1v) is 6.51. The van der Waals surface area contributed by atoms with Crippen molar-refractivity contribution in [2.45, 2.75) is 13.8 Å². The molecule has 0 aliphatic rings. The third-order valence-corrected chi connectivity index (χ3v) is 2.85. The summed E-state index contributed by atoms with van der Waals surface area (Å²) in [4.78, 5) is 23.0. The van der Waals surface area contributed by atoms with Gasteiger partial charge in [0.15, 0.2) is 6.61 Å². The molecule has 0 fully saturated rings. The van der Waals surface area contributed by atoms with Gasteiger partial charge in [0.05, 0.1) is 5.92 Å². The second-order valence-corrected chi connectivity index (χ2v) is 4.87. The number of nitrogens with one attached hydrogen (secondary N) is 1. The minimum absolute atomic E-state index is 0.233. The van der Waals surface area contributed by atoms with Gasteiger partial charge >= 0.3 is 5.97 Å². The number of esters is 1. The molecule has 0 bridgehead atoms. The largest absolute Gasteiger partial charge is 0.455 e. The quantitative estimate of drug-likeness (QED) is 0.870. The molecule has 2 aromatic rings. The zero-order valence-electron chi connectivity index (χ0n) is 11.6. The summed E-state index contributed by atoms with van der Waals surface area (Å²) < 4.78 is 4.87. The summed E-state index contributed by atoms with van der Waals surface area (Å²) in [5.74, 6) is -0.948. The molecule has 4 nitrogen and oxygen atoms in total. The van der Waals surface area contributed by atoms with Gasteiger partial charge in [-0.25, -0.2) is 0 Å². The van der Waals surface area contributed by atoms with E-state index in [9.17, 15) is 9.59 Å². The van der Waals surface area contributed by atoms with E-state index in [4.69, 9.17) is 4.74 Å². The van der Waals surface area contributed by atoms with Crippen LogP contribution in [0, 0.1) is 5.92 Å². The Labute approximate surface area is 117 Å². The molecule has 4 heteroatoms. The SMILES string of the molecule is CC(C)C(=O)OCC(=O)Nc1ccc2ccccc2c1. The molecule has 0 spiro atoms. The van der Waals surface area contributed by atoms with Gasteiger partial charge in [-0.1, -0.05) is 44.2 Å². The summed E-state index contributed by atoms with van der Waals surface area (Å²) in [6.07, 6.45) is 0. The molecule has 0 radical (unpaired) electrons. The molecule has 0 unspecified atom stereocenters. The Morgan fingerprint density at radius 2 is 1.80 bits per heavy atom. The summed E-state index contributed by atoms with van der Waals surface area (Å²) in [6, 6.07) is 13.5. The highest BCUT2D eigenvalue weighted by atomic mass is 16.5. The summed E-state index contributed by atoms with van der Waals surface area (Å²) in [5, 5.41) is 4.87. The van der Waals surface area contributed by atoms with Gasteiger partial charge in [-0.2, -0.15) is 0 Å². The van der Waals surface area contributed by atoms with Crippen LogP contribution in [-0.4, -0.2) is 18.5 Å². The van der Waals surface area contributed by atoms with Gasteiger partial charge in [0.1, 0.15) is 0 Å². The van der Waals surface area contributed by atoms with Gasteiger partial charge in [0.25, 0.3) is 5.91 Å². The first-order chi connectivity index (χ1) is 9.56. The monoisotopic (exact) mass is 271 g/mol. The van der Waals surface area contributed by atoms with Crippen molar-refractivity contribution >= 4 is 28.3 Å². The summed E-state index contributed by atoms with van der Waals surface area (Å²) >= 11 is 0. The average Bonchev–Trinajstić information content (AvgIpc) is 2.44. The fraction of sp³-hybridized carbons (Fsp3) is 0.250. The lowest BCUT2D eigenvalue weighted by Crippen LogP contribution is -2.22. The van der Waals surface area contributed by atoms with Crippen LogP contribution in [0.15, 0.2) is 42.5 Å². The van der Waals surface area contributed by atoms with Crippen molar-refractivity contribution in [1.29, 1.82) is 0 Å². The predicted octanol–water partition coefficient (Wildman–Crippen LogP) is 2.98. The topological polar surface area (TPSA) is 55.4 Å². The summed E-state index contributed by atoms with van der Waals surface area (Å²) in [6.45, 7) is 3.19. The molecule has 0 atom stereocenters. The normalized spacial score (nSPS) is 10.6. The Morgan fingerprint density at radius 3 is 2.50 bits per heavy atom. The Balaban J connectivity index is 1.97. The van der Waals surface area contributed by atoms with Crippen LogP contribution in [0.2, 0.25) is 0 Å². The maximum atomic E-state index is 11.7. The van der Waals surface area contributed by atoms with E-state index in [1.165, 1.54) is 0 Å². The van der Waals surface area contributed by atoms with E-state index in [-0.39, 0.29) is 24.4 Å². The molecule has 1 amide bonds. The summed E-state index contributed by atoms with van der Waals surface area (Å²) in [7, 11) is 0. The Kier molecular flexibility index (Phi) is 4.35. The van der Waals surface area contributed by atoms with Gasteiger partial charge in [0, 0.05) is 5.69 Å². The van der Waals surface area contributed by atoms with Crippen LogP contribution in [0.5, 0.6) is 0 Å². The van der Waals surface area contributed by atoms with Crippen molar-refractivity contribution in [1.82, 2.24) is 0 Å². The second kappa shape index (κ2) is 6.19.